The molecule has 2 aromatic rings. The van der Waals surface area contributed by atoms with Gasteiger partial charge < -0.3 is 4.98 Å². The molecular formula is C14H15BrN2S2. The van der Waals surface area contributed by atoms with E-state index in [4.69, 9.17) is 12.2 Å². The fourth-order valence-corrected chi connectivity index (χ4v) is 3.43. The van der Waals surface area contributed by atoms with Gasteiger partial charge in [-0.05, 0) is 40.5 Å². The number of halogens is 1. The maximum atomic E-state index is 5.21. The van der Waals surface area contributed by atoms with Crippen LogP contribution in [-0.2, 0) is 12.2 Å². The molecule has 1 N–H and O–H groups in total. The van der Waals surface area contributed by atoms with Gasteiger partial charge in [0.25, 0.3) is 0 Å². The van der Waals surface area contributed by atoms with E-state index in [9.17, 15) is 0 Å². The Balaban J connectivity index is 2.11. The zero-order valence-corrected chi connectivity index (χ0v) is 13.9. The minimum Gasteiger partial charge on any atom is -0.346 e. The van der Waals surface area contributed by atoms with Crippen molar-refractivity contribution in [2.75, 3.05) is 0 Å². The van der Waals surface area contributed by atoms with Crippen LogP contribution < -0.4 is 0 Å². The van der Waals surface area contributed by atoms with Gasteiger partial charge in [0.2, 0.25) is 0 Å². The highest BCUT2D eigenvalue weighted by Gasteiger charge is 2.03. The molecular weight excluding hydrogens is 340 g/mol. The largest absolute Gasteiger partial charge is 0.346 e. The molecule has 1 heterocycles. The van der Waals surface area contributed by atoms with Crippen molar-refractivity contribution in [2.24, 2.45) is 0 Å². The molecule has 2 nitrogen and oxygen atoms in total. The molecule has 0 atom stereocenters. The molecule has 0 amide bonds. The van der Waals surface area contributed by atoms with Crippen LogP contribution in [0.4, 0.5) is 0 Å². The van der Waals surface area contributed by atoms with Gasteiger partial charge in [0.1, 0.15) is 10.5 Å². The fraction of sp³-hybridized carbons (Fsp3) is 0.286. The lowest BCUT2D eigenvalue weighted by molar-refractivity contribution is 0.850. The second-order valence-electron chi connectivity index (χ2n) is 4.16. The number of aromatic nitrogens is 2. The van der Waals surface area contributed by atoms with E-state index in [1.54, 1.807) is 11.8 Å². The van der Waals surface area contributed by atoms with E-state index in [1.165, 1.54) is 10.6 Å². The van der Waals surface area contributed by atoms with Gasteiger partial charge in [0.15, 0.2) is 0 Å². The zero-order valence-electron chi connectivity index (χ0n) is 10.6. The third-order valence-corrected chi connectivity index (χ3v) is 4.82. The number of thioether (sulfide) groups is 1. The van der Waals surface area contributed by atoms with Crippen LogP contribution in [0, 0.1) is 4.64 Å². The Bertz CT molecular complexity index is 610. The summed E-state index contributed by atoms with van der Waals surface area (Å²) in [6.07, 6.45) is 2.12. The Labute approximate surface area is 131 Å². The van der Waals surface area contributed by atoms with Crippen molar-refractivity contribution in [1.82, 2.24) is 9.97 Å². The zero-order chi connectivity index (χ0) is 13.7. The van der Waals surface area contributed by atoms with Crippen LogP contribution in [0.25, 0.3) is 0 Å². The van der Waals surface area contributed by atoms with Crippen LogP contribution in [-0.4, -0.2) is 9.97 Å². The highest BCUT2D eigenvalue weighted by molar-refractivity contribution is 9.10. The molecule has 2 rings (SSSR count). The van der Waals surface area contributed by atoms with Crippen molar-refractivity contribution in [3.8, 4) is 0 Å². The molecule has 5 heteroatoms. The summed E-state index contributed by atoms with van der Waals surface area (Å²) in [7, 11) is 0. The van der Waals surface area contributed by atoms with Gasteiger partial charge in [-0.25, -0.2) is 4.98 Å². The lowest BCUT2D eigenvalue weighted by Gasteiger charge is -2.06. The lowest BCUT2D eigenvalue weighted by atomic mass is 10.2. The van der Waals surface area contributed by atoms with Crippen molar-refractivity contribution in [3.63, 3.8) is 0 Å². The predicted octanol–water partition coefficient (Wildman–Crippen LogP) is 5.15. The number of rotatable bonds is 5. The van der Waals surface area contributed by atoms with E-state index in [0.717, 1.165) is 28.9 Å². The van der Waals surface area contributed by atoms with Crippen molar-refractivity contribution in [3.05, 3.63) is 51.0 Å². The van der Waals surface area contributed by atoms with E-state index in [2.05, 4.69) is 38.9 Å². The van der Waals surface area contributed by atoms with Gasteiger partial charge in [0, 0.05) is 15.1 Å². The summed E-state index contributed by atoms with van der Waals surface area (Å²) < 4.78 is 1.79. The van der Waals surface area contributed by atoms with Gasteiger partial charge in [-0.2, -0.15) is 0 Å². The number of hydrogen-bond donors (Lipinski definition) is 1. The number of benzene rings is 1. The normalized spacial score (nSPS) is 10.6. The van der Waals surface area contributed by atoms with Crippen LogP contribution in [0.15, 0.2) is 39.7 Å². The molecule has 0 radical (unpaired) electrons. The first kappa shape index (κ1) is 14.8. The van der Waals surface area contributed by atoms with Crippen molar-refractivity contribution in [1.29, 1.82) is 0 Å². The molecule has 100 valence electrons. The molecule has 0 unspecified atom stereocenters. The monoisotopic (exact) mass is 354 g/mol. The smallest absolute Gasteiger partial charge is 0.130 e. The molecule has 0 aliphatic heterocycles. The third-order valence-electron chi connectivity index (χ3n) is 2.57. The Morgan fingerprint density at radius 2 is 2.16 bits per heavy atom. The Morgan fingerprint density at radius 3 is 2.89 bits per heavy atom. The minimum absolute atomic E-state index is 0.671. The van der Waals surface area contributed by atoms with Crippen molar-refractivity contribution in [2.45, 2.75) is 30.4 Å². The average molecular weight is 355 g/mol. The van der Waals surface area contributed by atoms with Crippen LogP contribution in [0.1, 0.15) is 24.9 Å². The number of aryl methyl sites for hydroxylation is 1. The molecule has 0 saturated carbocycles. The lowest BCUT2D eigenvalue weighted by Crippen LogP contribution is -1.98. The predicted molar refractivity (Wildman–Crippen MR) is 87.1 cm³/mol. The summed E-state index contributed by atoms with van der Waals surface area (Å²) in [5, 5.41) is 0. The summed E-state index contributed by atoms with van der Waals surface area (Å²) in [4.78, 5) is 8.96. The maximum absolute atomic E-state index is 5.21. The molecule has 0 saturated heterocycles. The quantitative estimate of drug-likeness (QED) is 0.594. The number of aromatic amines is 1. The first-order valence-electron chi connectivity index (χ1n) is 6.15. The minimum atomic E-state index is 0.671. The molecule has 0 aliphatic carbocycles. The van der Waals surface area contributed by atoms with Crippen molar-refractivity contribution < 1.29 is 0 Å². The van der Waals surface area contributed by atoms with Gasteiger partial charge >= 0.3 is 0 Å². The molecule has 0 bridgehead atoms. The molecule has 0 aliphatic rings. The van der Waals surface area contributed by atoms with E-state index in [1.807, 2.05) is 24.3 Å². The third kappa shape index (κ3) is 4.44. The summed E-state index contributed by atoms with van der Waals surface area (Å²) in [5.74, 6) is 1.74. The molecule has 0 fully saturated rings. The Kier molecular flexibility index (Phi) is 5.60. The average Bonchev–Trinajstić information content (AvgIpc) is 2.37. The second kappa shape index (κ2) is 7.22. The first-order chi connectivity index (χ1) is 9.19. The van der Waals surface area contributed by atoms with E-state index < -0.39 is 0 Å². The van der Waals surface area contributed by atoms with Crippen LogP contribution in [0.3, 0.4) is 0 Å². The molecule has 0 spiro atoms. The SMILES string of the molecule is CCCc1cc(=S)nc(CSc2ccccc2Br)[nH]1. The first-order valence-corrected chi connectivity index (χ1v) is 8.34. The number of nitrogens with zero attached hydrogens (tertiary/aromatic N) is 1. The van der Waals surface area contributed by atoms with Crippen LogP contribution in [0.5, 0.6) is 0 Å². The Morgan fingerprint density at radius 1 is 1.37 bits per heavy atom. The van der Waals surface area contributed by atoms with E-state index in [0.29, 0.717) is 4.64 Å². The second-order valence-corrected chi connectivity index (χ2v) is 6.45. The molecule has 19 heavy (non-hydrogen) atoms. The number of nitrogens with one attached hydrogen (secondary N) is 1. The highest BCUT2D eigenvalue weighted by atomic mass is 79.9. The van der Waals surface area contributed by atoms with Crippen LogP contribution >= 0.6 is 39.9 Å². The molecule has 1 aromatic heterocycles. The number of H-pyrrole nitrogens is 1. The standard InChI is InChI=1S/C14H15BrN2S2/c1-2-5-10-8-14(18)17-13(16-10)9-19-12-7-4-3-6-11(12)15/h3-4,6-8H,2,5,9H2,1H3,(H,16,17,18). The topological polar surface area (TPSA) is 28.7 Å². The maximum Gasteiger partial charge on any atom is 0.130 e. The van der Waals surface area contributed by atoms with E-state index >= 15 is 0 Å². The summed E-state index contributed by atoms with van der Waals surface area (Å²) in [6.45, 7) is 2.16. The van der Waals surface area contributed by atoms with Gasteiger partial charge in [-0.15, -0.1) is 11.8 Å². The fourth-order valence-electron chi connectivity index (χ4n) is 1.74. The summed E-state index contributed by atoms with van der Waals surface area (Å²) in [6, 6.07) is 10.1. The van der Waals surface area contributed by atoms with Crippen LogP contribution in [0.2, 0.25) is 0 Å². The summed E-state index contributed by atoms with van der Waals surface area (Å²) >= 11 is 10.5. The van der Waals surface area contributed by atoms with Crippen molar-refractivity contribution >= 4 is 39.9 Å². The van der Waals surface area contributed by atoms with Gasteiger partial charge in [-0.3, -0.25) is 0 Å². The summed E-state index contributed by atoms with van der Waals surface area (Å²) in [5.41, 5.74) is 1.17. The van der Waals surface area contributed by atoms with Gasteiger partial charge in [-0.1, -0.05) is 37.7 Å². The Hall–Kier alpha value is -0.650. The van der Waals surface area contributed by atoms with Gasteiger partial charge in [0.05, 0.1) is 5.75 Å². The highest BCUT2D eigenvalue weighted by Crippen LogP contribution is 2.28. The number of hydrogen-bond acceptors (Lipinski definition) is 3. The van der Waals surface area contributed by atoms with E-state index in [-0.39, 0.29) is 0 Å². The molecule has 1 aromatic carbocycles.